The standard InChI is InChI=1S/C20H23N5O4S2/c1-3-28-14-5-4-6-16(9-14)31(26,27)19-12-22-20(30-19)25-17-10-18(24-13(2)23-17)29-15-7-8-21-11-15/h4-6,9-10,12,15,21H,3,7-8,11H2,1-2H3,(H,22,23,24,25)/t15-/m1/s1. The van der Waals surface area contributed by atoms with E-state index in [-0.39, 0.29) is 15.2 Å². The van der Waals surface area contributed by atoms with E-state index in [2.05, 4.69) is 25.6 Å². The molecule has 2 aromatic heterocycles. The molecular weight excluding hydrogens is 438 g/mol. The van der Waals surface area contributed by atoms with Crippen LogP contribution in [0.2, 0.25) is 0 Å². The third kappa shape index (κ3) is 5.12. The first-order valence-corrected chi connectivity index (χ1v) is 12.2. The first-order chi connectivity index (χ1) is 14.9. The second-order valence-electron chi connectivity index (χ2n) is 6.89. The molecule has 1 aliphatic heterocycles. The molecule has 0 bridgehead atoms. The molecule has 0 unspecified atom stereocenters. The number of hydrogen-bond donors (Lipinski definition) is 2. The molecule has 9 nitrogen and oxygen atoms in total. The van der Waals surface area contributed by atoms with Crippen LogP contribution >= 0.6 is 11.3 Å². The van der Waals surface area contributed by atoms with Gasteiger partial charge in [0.2, 0.25) is 15.7 Å². The summed E-state index contributed by atoms with van der Waals surface area (Å²) in [5, 5.41) is 6.71. The van der Waals surface area contributed by atoms with Crippen molar-refractivity contribution in [2.75, 3.05) is 25.0 Å². The predicted molar refractivity (Wildman–Crippen MR) is 117 cm³/mol. The number of rotatable bonds is 8. The Hall–Kier alpha value is -2.76. The topological polar surface area (TPSA) is 115 Å². The maximum atomic E-state index is 13.0. The van der Waals surface area contributed by atoms with Crippen LogP contribution in [0.25, 0.3) is 0 Å². The fourth-order valence-electron chi connectivity index (χ4n) is 3.13. The molecule has 3 heterocycles. The van der Waals surface area contributed by atoms with E-state index in [0.29, 0.717) is 35.0 Å². The summed E-state index contributed by atoms with van der Waals surface area (Å²) in [6, 6.07) is 8.12. The van der Waals surface area contributed by atoms with Crippen LogP contribution in [-0.4, -0.2) is 49.2 Å². The molecule has 4 rings (SSSR count). The highest BCUT2D eigenvalue weighted by molar-refractivity contribution is 7.93. The van der Waals surface area contributed by atoms with Gasteiger partial charge in [0.05, 0.1) is 17.7 Å². The van der Waals surface area contributed by atoms with Gasteiger partial charge in [0.15, 0.2) is 5.13 Å². The number of aromatic nitrogens is 3. The highest BCUT2D eigenvalue weighted by atomic mass is 32.2. The van der Waals surface area contributed by atoms with Crippen molar-refractivity contribution in [2.24, 2.45) is 0 Å². The van der Waals surface area contributed by atoms with Crippen molar-refractivity contribution in [3.05, 3.63) is 42.4 Å². The molecule has 1 saturated heterocycles. The van der Waals surface area contributed by atoms with Crippen molar-refractivity contribution in [2.45, 2.75) is 35.5 Å². The Balaban J connectivity index is 1.52. The number of thiazole rings is 1. The van der Waals surface area contributed by atoms with E-state index in [0.717, 1.165) is 30.8 Å². The lowest BCUT2D eigenvalue weighted by Gasteiger charge is -2.12. The minimum Gasteiger partial charge on any atom is -0.494 e. The molecule has 0 aliphatic carbocycles. The zero-order valence-electron chi connectivity index (χ0n) is 17.2. The maximum Gasteiger partial charge on any atom is 0.219 e. The zero-order valence-corrected chi connectivity index (χ0v) is 18.8. The number of aryl methyl sites for hydroxylation is 1. The van der Waals surface area contributed by atoms with Crippen molar-refractivity contribution < 1.29 is 17.9 Å². The third-order valence-corrected chi connectivity index (χ3v) is 7.65. The zero-order chi connectivity index (χ0) is 21.8. The molecule has 2 N–H and O–H groups in total. The number of nitrogens with zero attached hydrogens (tertiary/aromatic N) is 3. The third-order valence-electron chi connectivity index (χ3n) is 4.53. The number of benzene rings is 1. The molecule has 164 valence electrons. The predicted octanol–water partition coefficient (Wildman–Crippen LogP) is 2.96. The Kier molecular flexibility index (Phi) is 6.35. The molecule has 0 spiro atoms. The summed E-state index contributed by atoms with van der Waals surface area (Å²) >= 11 is 1.03. The average Bonchev–Trinajstić information content (AvgIpc) is 3.40. The van der Waals surface area contributed by atoms with Crippen molar-refractivity contribution in [3.63, 3.8) is 0 Å². The van der Waals surface area contributed by atoms with Crippen molar-refractivity contribution in [1.82, 2.24) is 20.3 Å². The van der Waals surface area contributed by atoms with E-state index in [9.17, 15) is 8.42 Å². The molecule has 1 aromatic carbocycles. The van der Waals surface area contributed by atoms with Crippen molar-refractivity contribution in [1.29, 1.82) is 0 Å². The van der Waals surface area contributed by atoms with Gasteiger partial charge in [-0.2, -0.15) is 4.98 Å². The average molecular weight is 462 g/mol. The van der Waals surface area contributed by atoms with Gasteiger partial charge in [-0.25, -0.2) is 18.4 Å². The number of hydrogen-bond acceptors (Lipinski definition) is 10. The second-order valence-corrected chi connectivity index (χ2v) is 10.1. The Morgan fingerprint density at radius 2 is 2.16 bits per heavy atom. The van der Waals surface area contributed by atoms with Crippen LogP contribution in [0.15, 0.2) is 45.6 Å². The largest absolute Gasteiger partial charge is 0.494 e. The molecule has 0 amide bonds. The molecule has 1 fully saturated rings. The van der Waals surface area contributed by atoms with E-state index in [1.54, 1.807) is 31.2 Å². The molecule has 0 saturated carbocycles. The van der Waals surface area contributed by atoms with Gasteiger partial charge < -0.3 is 20.1 Å². The maximum absolute atomic E-state index is 13.0. The van der Waals surface area contributed by atoms with Crippen LogP contribution in [0.1, 0.15) is 19.2 Å². The van der Waals surface area contributed by atoms with Crippen LogP contribution in [0.5, 0.6) is 11.6 Å². The smallest absolute Gasteiger partial charge is 0.219 e. The number of ether oxygens (including phenoxy) is 2. The SMILES string of the molecule is CCOc1cccc(S(=O)(=O)c2cnc(Nc3cc(O[C@@H]4CCNC4)nc(C)n3)s2)c1. The lowest BCUT2D eigenvalue weighted by Crippen LogP contribution is -2.20. The first-order valence-electron chi connectivity index (χ1n) is 9.88. The number of nitrogens with one attached hydrogen (secondary N) is 2. The normalized spacial score (nSPS) is 16.3. The summed E-state index contributed by atoms with van der Waals surface area (Å²) in [5.41, 5.74) is 0. The minimum absolute atomic E-state index is 0.0752. The van der Waals surface area contributed by atoms with Crippen molar-refractivity contribution in [3.8, 4) is 11.6 Å². The summed E-state index contributed by atoms with van der Waals surface area (Å²) < 4.78 is 37.4. The quantitative estimate of drug-likeness (QED) is 0.522. The summed E-state index contributed by atoms with van der Waals surface area (Å²) in [5.74, 6) is 2.02. The molecule has 1 atom stereocenters. The summed E-state index contributed by atoms with van der Waals surface area (Å²) in [6.07, 6.45) is 2.33. The Morgan fingerprint density at radius 1 is 1.29 bits per heavy atom. The first kappa shape index (κ1) is 21.5. The number of anilines is 2. The highest BCUT2D eigenvalue weighted by Gasteiger charge is 2.22. The summed E-state index contributed by atoms with van der Waals surface area (Å²) in [7, 11) is -3.71. The highest BCUT2D eigenvalue weighted by Crippen LogP contribution is 2.31. The van der Waals surface area contributed by atoms with Crippen LogP contribution in [-0.2, 0) is 9.84 Å². The lowest BCUT2D eigenvalue weighted by atomic mass is 10.3. The Morgan fingerprint density at radius 3 is 2.94 bits per heavy atom. The van der Waals surface area contributed by atoms with E-state index in [4.69, 9.17) is 9.47 Å². The van der Waals surface area contributed by atoms with Crippen LogP contribution in [0.4, 0.5) is 10.9 Å². The summed E-state index contributed by atoms with van der Waals surface area (Å²) in [4.78, 5) is 13.0. The van der Waals surface area contributed by atoms with Gasteiger partial charge >= 0.3 is 0 Å². The molecule has 1 aliphatic rings. The van der Waals surface area contributed by atoms with E-state index in [1.165, 1.54) is 12.3 Å². The molecular formula is C20H23N5O4S2. The van der Waals surface area contributed by atoms with Gasteiger partial charge in [-0.3, -0.25) is 0 Å². The van der Waals surface area contributed by atoms with Crippen LogP contribution in [0.3, 0.4) is 0 Å². The van der Waals surface area contributed by atoms with Gasteiger partial charge in [-0.05, 0) is 45.0 Å². The Bertz CT molecular complexity index is 1160. The van der Waals surface area contributed by atoms with Gasteiger partial charge in [-0.15, -0.1) is 0 Å². The Labute approximate surface area is 184 Å². The van der Waals surface area contributed by atoms with E-state index >= 15 is 0 Å². The lowest BCUT2D eigenvalue weighted by molar-refractivity contribution is 0.213. The molecule has 11 heteroatoms. The van der Waals surface area contributed by atoms with Gasteiger partial charge in [-0.1, -0.05) is 17.4 Å². The molecule has 3 aromatic rings. The van der Waals surface area contributed by atoms with Gasteiger partial charge in [0, 0.05) is 12.6 Å². The molecule has 31 heavy (non-hydrogen) atoms. The van der Waals surface area contributed by atoms with Crippen molar-refractivity contribution >= 4 is 32.1 Å². The second kappa shape index (κ2) is 9.16. The molecule has 0 radical (unpaired) electrons. The van der Waals surface area contributed by atoms with E-state index < -0.39 is 9.84 Å². The van der Waals surface area contributed by atoms with Gasteiger partial charge in [0.1, 0.15) is 27.7 Å². The van der Waals surface area contributed by atoms with Gasteiger partial charge in [0.25, 0.3) is 0 Å². The van der Waals surface area contributed by atoms with Crippen LogP contribution < -0.4 is 20.1 Å². The number of sulfone groups is 1. The minimum atomic E-state index is -3.71. The summed E-state index contributed by atoms with van der Waals surface area (Å²) in [6.45, 7) is 5.78. The van der Waals surface area contributed by atoms with Crippen LogP contribution in [0, 0.1) is 6.92 Å². The monoisotopic (exact) mass is 461 g/mol. The fourth-order valence-corrected chi connectivity index (χ4v) is 5.60. The van der Waals surface area contributed by atoms with E-state index in [1.807, 2.05) is 6.92 Å². The fraction of sp³-hybridized carbons (Fsp3) is 0.350.